The van der Waals surface area contributed by atoms with Crippen LogP contribution < -0.4 is 5.73 Å². The Hall–Kier alpha value is -0.860. The number of thioether (sulfide) groups is 1. The molecule has 0 aliphatic heterocycles. The molecule has 6 nitrogen and oxygen atoms in total. The van der Waals surface area contributed by atoms with E-state index in [2.05, 4.69) is 49.6 Å². The fraction of sp³-hybridized carbons (Fsp3) is 0.615. The van der Waals surface area contributed by atoms with Crippen LogP contribution in [0.2, 0.25) is 0 Å². The lowest BCUT2D eigenvalue weighted by molar-refractivity contribution is 0.592. The van der Waals surface area contributed by atoms with E-state index >= 15 is 0 Å². The summed E-state index contributed by atoms with van der Waals surface area (Å²) in [4.78, 5) is 0. The summed E-state index contributed by atoms with van der Waals surface area (Å²) in [6.07, 6.45) is 1.95. The molecule has 0 bridgehead atoms. The lowest BCUT2D eigenvalue weighted by Crippen LogP contribution is -2.09. The Balaban J connectivity index is 2.17. The van der Waals surface area contributed by atoms with Crippen molar-refractivity contribution in [3.05, 3.63) is 21.7 Å². The summed E-state index contributed by atoms with van der Waals surface area (Å²) >= 11 is 5.32. The van der Waals surface area contributed by atoms with E-state index < -0.39 is 0 Å². The molecule has 0 spiro atoms. The second kappa shape index (κ2) is 7.42. The fourth-order valence-electron chi connectivity index (χ4n) is 2.13. The first-order valence-corrected chi connectivity index (χ1v) is 8.85. The molecule has 116 valence electrons. The smallest absolute Gasteiger partial charge is 0.191 e. The molecule has 0 amide bonds. The van der Waals surface area contributed by atoms with E-state index in [-0.39, 0.29) is 0 Å². The van der Waals surface area contributed by atoms with Crippen LogP contribution in [0.4, 0.5) is 0 Å². The average Bonchev–Trinajstić information content (AvgIpc) is 2.99. The molecule has 0 radical (unpaired) electrons. The van der Waals surface area contributed by atoms with E-state index in [1.54, 1.807) is 11.8 Å². The van der Waals surface area contributed by atoms with E-state index in [4.69, 9.17) is 5.73 Å². The van der Waals surface area contributed by atoms with Gasteiger partial charge in [0, 0.05) is 19.3 Å². The Morgan fingerprint density at radius 2 is 2.05 bits per heavy atom. The normalized spacial score (nSPS) is 11.3. The van der Waals surface area contributed by atoms with Crippen LogP contribution >= 0.6 is 27.7 Å². The van der Waals surface area contributed by atoms with Crippen LogP contribution in [0.3, 0.4) is 0 Å². The minimum atomic E-state index is 0.420. The van der Waals surface area contributed by atoms with Crippen LogP contribution in [0.1, 0.15) is 37.5 Å². The molecular weight excluding hydrogens is 352 g/mol. The van der Waals surface area contributed by atoms with Crippen LogP contribution in [0.25, 0.3) is 0 Å². The molecule has 2 aromatic heterocycles. The monoisotopic (exact) mass is 372 g/mol. The molecular formula is C13H21BrN6S. The lowest BCUT2D eigenvalue weighted by atomic mass is 10.3. The van der Waals surface area contributed by atoms with E-state index in [9.17, 15) is 0 Å². The van der Waals surface area contributed by atoms with E-state index in [1.165, 1.54) is 0 Å². The SMILES string of the molecule is CCCn1c(CN)nnc1SCc1c(Br)c(CC)nn1C. The van der Waals surface area contributed by atoms with Gasteiger partial charge in [0.05, 0.1) is 22.4 Å². The van der Waals surface area contributed by atoms with Gasteiger partial charge in [0.1, 0.15) is 5.82 Å². The maximum absolute atomic E-state index is 5.72. The maximum atomic E-state index is 5.72. The highest BCUT2D eigenvalue weighted by Gasteiger charge is 2.16. The molecule has 0 aromatic carbocycles. The summed E-state index contributed by atoms with van der Waals surface area (Å²) in [6.45, 7) is 5.56. The number of hydrogen-bond donors (Lipinski definition) is 1. The van der Waals surface area contributed by atoms with Crippen LogP contribution in [0.5, 0.6) is 0 Å². The molecule has 21 heavy (non-hydrogen) atoms. The van der Waals surface area contributed by atoms with Crippen LogP contribution in [0, 0.1) is 0 Å². The van der Waals surface area contributed by atoms with Crippen molar-refractivity contribution in [2.75, 3.05) is 0 Å². The molecule has 2 rings (SSSR count). The molecule has 0 saturated carbocycles. The van der Waals surface area contributed by atoms with Gasteiger partial charge in [-0.25, -0.2) is 0 Å². The fourth-order valence-corrected chi connectivity index (χ4v) is 4.12. The van der Waals surface area contributed by atoms with Gasteiger partial charge in [0.2, 0.25) is 0 Å². The molecule has 2 aromatic rings. The summed E-state index contributed by atoms with van der Waals surface area (Å²) in [5, 5.41) is 13.9. The van der Waals surface area contributed by atoms with E-state index in [1.807, 2.05) is 11.7 Å². The molecule has 2 N–H and O–H groups in total. The van der Waals surface area contributed by atoms with Gasteiger partial charge in [0.25, 0.3) is 0 Å². The third-order valence-electron chi connectivity index (χ3n) is 3.26. The average molecular weight is 373 g/mol. The van der Waals surface area contributed by atoms with Crippen molar-refractivity contribution in [1.29, 1.82) is 0 Å². The first kappa shape index (κ1) is 16.5. The van der Waals surface area contributed by atoms with Gasteiger partial charge in [-0.3, -0.25) is 4.68 Å². The van der Waals surface area contributed by atoms with Gasteiger partial charge >= 0.3 is 0 Å². The largest absolute Gasteiger partial charge is 0.324 e. The van der Waals surface area contributed by atoms with Gasteiger partial charge in [-0.2, -0.15) is 5.10 Å². The van der Waals surface area contributed by atoms with Gasteiger partial charge in [-0.1, -0.05) is 25.6 Å². The van der Waals surface area contributed by atoms with Gasteiger partial charge in [0.15, 0.2) is 5.16 Å². The maximum Gasteiger partial charge on any atom is 0.191 e. The van der Waals surface area contributed by atoms with Crippen molar-refractivity contribution >= 4 is 27.7 Å². The van der Waals surface area contributed by atoms with Crippen molar-refractivity contribution in [2.45, 2.75) is 50.7 Å². The van der Waals surface area contributed by atoms with Crippen molar-refractivity contribution in [1.82, 2.24) is 24.5 Å². The summed E-state index contributed by atoms with van der Waals surface area (Å²) in [7, 11) is 1.97. The zero-order valence-corrected chi connectivity index (χ0v) is 15.0. The Labute approximate surface area is 137 Å². The molecule has 8 heteroatoms. The van der Waals surface area contributed by atoms with Crippen LogP contribution in [-0.4, -0.2) is 24.5 Å². The summed E-state index contributed by atoms with van der Waals surface area (Å²) in [5.41, 5.74) is 7.97. The van der Waals surface area contributed by atoms with E-state index in [0.29, 0.717) is 6.54 Å². The molecule has 0 atom stereocenters. The molecule has 0 aliphatic rings. The second-order valence-corrected chi connectivity index (χ2v) is 6.46. The summed E-state index contributed by atoms with van der Waals surface area (Å²) in [6, 6.07) is 0. The lowest BCUT2D eigenvalue weighted by Gasteiger charge is -2.08. The summed E-state index contributed by atoms with van der Waals surface area (Å²) < 4.78 is 5.14. The highest BCUT2D eigenvalue weighted by Crippen LogP contribution is 2.28. The Bertz CT molecular complexity index is 606. The number of hydrogen-bond acceptors (Lipinski definition) is 5. The molecule has 0 fully saturated rings. The Morgan fingerprint density at radius 1 is 1.29 bits per heavy atom. The number of nitrogens with two attached hydrogens (primary N) is 1. The number of nitrogens with zero attached hydrogens (tertiary/aromatic N) is 5. The molecule has 0 saturated heterocycles. The third-order valence-corrected chi connectivity index (χ3v) is 5.16. The number of aromatic nitrogens is 5. The molecule has 0 unspecified atom stereocenters. The zero-order valence-electron chi connectivity index (χ0n) is 12.6. The first-order chi connectivity index (χ1) is 10.1. The van der Waals surface area contributed by atoms with Crippen LogP contribution in [0.15, 0.2) is 9.63 Å². The molecule has 0 aliphatic carbocycles. The second-order valence-electron chi connectivity index (χ2n) is 4.73. The number of rotatable bonds is 7. The highest BCUT2D eigenvalue weighted by atomic mass is 79.9. The predicted molar refractivity (Wildman–Crippen MR) is 88.1 cm³/mol. The van der Waals surface area contributed by atoms with Crippen molar-refractivity contribution in [2.24, 2.45) is 12.8 Å². The summed E-state index contributed by atoms with van der Waals surface area (Å²) in [5.74, 6) is 1.65. The Morgan fingerprint density at radius 3 is 2.62 bits per heavy atom. The molecule has 2 heterocycles. The van der Waals surface area contributed by atoms with Crippen molar-refractivity contribution in [3.8, 4) is 0 Å². The highest BCUT2D eigenvalue weighted by molar-refractivity contribution is 9.10. The Kier molecular flexibility index (Phi) is 5.83. The van der Waals surface area contributed by atoms with Crippen molar-refractivity contribution in [3.63, 3.8) is 0 Å². The van der Waals surface area contributed by atoms with Gasteiger partial charge in [-0.15, -0.1) is 10.2 Å². The number of aryl methyl sites for hydroxylation is 2. The quantitative estimate of drug-likeness (QED) is 0.755. The predicted octanol–water partition coefficient (Wildman–Crippen LogP) is 2.50. The minimum absolute atomic E-state index is 0.420. The van der Waals surface area contributed by atoms with Crippen molar-refractivity contribution < 1.29 is 0 Å². The topological polar surface area (TPSA) is 74.6 Å². The first-order valence-electron chi connectivity index (χ1n) is 7.07. The van der Waals surface area contributed by atoms with E-state index in [0.717, 1.165) is 52.0 Å². The van der Waals surface area contributed by atoms with Gasteiger partial charge < -0.3 is 10.3 Å². The van der Waals surface area contributed by atoms with Crippen LogP contribution in [-0.2, 0) is 32.3 Å². The third kappa shape index (κ3) is 3.49. The zero-order chi connectivity index (χ0) is 15.4. The minimum Gasteiger partial charge on any atom is -0.324 e. The number of halogens is 1. The van der Waals surface area contributed by atoms with Gasteiger partial charge in [-0.05, 0) is 28.8 Å². The standard InChI is InChI=1S/C13H21BrN6S/c1-4-6-20-11(7-15)16-17-13(20)21-8-10-12(14)9(5-2)18-19(10)3/h4-8,15H2,1-3H3.